The number of nitrogen functional groups attached to an aromatic ring is 1. The number of aromatic nitrogens is 1. The second-order valence-corrected chi connectivity index (χ2v) is 8.58. The highest BCUT2D eigenvalue weighted by atomic mass is 35.5. The molecule has 4 N–H and O–H groups in total. The molecule has 6 nitrogen and oxygen atoms in total. The maximum Gasteiger partial charge on any atom is 0.289 e. The first-order valence-electron chi connectivity index (χ1n) is 8.90. The minimum absolute atomic E-state index is 0.107. The van der Waals surface area contributed by atoms with Gasteiger partial charge >= 0.3 is 0 Å². The summed E-state index contributed by atoms with van der Waals surface area (Å²) in [5, 5.41) is 25.1. The van der Waals surface area contributed by atoms with Gasteiger partial charge in [0.2, 0.25) is 5.91 Å². The van der Waals surface area contributed by atoms with Crippen LogP contribution in [0, 0.1) is 22.7 Å². The molecule has 0 atom stereocenters. The third kappa shape index (κ3) is 5.11. The summed E-state index contributed by atoms with van der Waals surface area (Å²) < 4.78 is 0. The third-order valence-electron chi connectivity index (χ3n) is 4.21. The molecule has 3 aromatic rings. The number of nitriles is 2. The zero-order valence-corrected chi connectivity index (χ0v) is 18.1. The minimum atomic E-state index is -0.167. The molecular weight excluding hydrogens is 438 g/mol. The molecule has 1 amide bonds. The number of thioether (sulfide) groups is 1. The summed E-state index contributed by atoms with van der Waals surface area (Å²) in [6.07, 6.45) is 0.666. The van der Waals surface area contributed by atoms with E-state index in [9.17, 15) is 15.3 Å². The molecule has 0 bridgehead atoms. The molecule has 0 radical (unpaired) electrons. The van der Waals surface area contributed by atoms with Gasteiger partial charge in [-0.15, -0.1) is 11.3 Å². The lowest BCUT2D eigenvalue weighted by molar-refractivity contribution is -0.410. The molecule has 0 saturated carbocycles. The fourth-order valence-corrected chi connectivity index (χ4v) is 4.69. The molecule has 150 valence electrons. The van der Waals surface area contributed by atoms with E-state index in [0.717, 1.165) is 10.4 Å². The van der Waals surface area contributed by atoms with Gasteiger partial charge in [-0.3, -0.25) is 10.5 Å². The van der Waals surface area contributed by atoms with Crippen molar-refractivity contribution in [3.05, 3.63) is 63.5 Å². The Bertz CT molecular complexity index is 1150. The smallest absolute Gasteiger partial charge is 0.289 e. The zero-order valence-electron chi connectivity index (χ0n) is 15.7. The van der Waals surface area contributed by atoms with Crippen LogP contribution in [-0.2, 0) is 11.2 Å². The predicted octanol–water partition coefficient (Wildman–Crippen LogP) is 3.66. The fourth-order valence-electron chi connectivity index (χ4n) is 2.85. The van der Waals surface area contributed by atoms with Crippen molar-refractivity contribution in [3.63, 3.8) is 0 Å². The van der Waals surface area contributed by atoms with Crippen LogP contribution in [0.1, 0.15) is 16.7 Å². The fraction of sp³-hybridized carbons (Fsp3) is 0.143. The number of carbonyl (C=O) groups excluding carboxylic acids is 1. The van der Waals surface area contributed by atoms with Gasteiger partial charge in [0, 0.05) is 22.0 Å². The molecule has 2 heterocycles. The summed E-state index contributed by atoms with van der Waals surface area (Å²) in [6.45, 7) is 0.477. The molecule has 3 rings (SSSR count). The lowest BCUT2D eigenvalue weighted by Gasteiger charge is -2.09. The van der Waals surface area contributed by atoms with Gasteiger partial charge in [0.1, 0.15) is 17.7 Å². The lowest BCUT2D eigenvalue weighted by atomic mass is 10.0. The summed E-state index contributed by atoms with van der Waals surface area (Å²) >= 11 is 8.56. The number of aromatic amines is 1. The highest BCUT2D eigenvalue weighted by Crippen LogP contribution is 2.35. The van der Waals surface area contributed by atoms with Crippen LogP contribution in [0.2, 0.25) is 5.02 Å². The predicted molar refractivity (Wildman–Crippen MR) is 119 cm³/mol. The molecule has 0 aliphatic heterocycles. The van der Waals surface area contributed by atoms with E-state index in [0.29, 0.717) is 34.1 Å². The Kier molecular flexibility index (Phi) is 7.31. The van der Waals surface area contributed by atoms with E-state index in [1.807, 2.05) is 35.7 Å². The van der Waals surface area contributed by atoms with Gasteiger partial charge in [0.25, 0.3) is 5.82 Å². The highest BCUT2D eigenvalue weighted by Gasteiger charge is 2.24. The Hall–Kier alpha value is -3.04. The molecular formula is C21H17ClN5OS2+. The van der Waals surface area contributed by atoms with Crippen LogP contribution in [0.3, 0.4) is 0 Å². The van der Waals surface area contributed by atoms with Gasteiger partial charge in [-0.1, -0.05) is 41.6 Å². The van der Waals surface area contributed by atoms with Gasteiger partial charge in [-0.25, -0.2) is 4.98 Å². The first-order valence-corrected chi connectivity index (χ1v) is 11.1. The van der Waals surface area contributed by atoms with Crippen LogP contribution in [-0.4, -0.2) is 18.2 Å². The number of thiophene rings is 1. The van der Waals surface area contributed by atoms with Crippen molar-refractivity contribution in [3.8, 4) is 22.6 Å². The molecule has 9 heteroatoms. The number of benzene rings is 1. The molecule has 0 saturated heterocycles. The van der Waals surface area contributed by atoms with Crippen molar-refractivity contribution in [1.29, 1.82) is 10.5 Å². The molecule has 30 heavy (non-hydrogen) atoms. The van der Waals surface area contributed by atoms with E-state index in [4.69, 9.17) is 17.3 Å². The highest BCUT2D eigenvalue weighted by molar-refractivity contribution is 7.99. The lowest BCUT2D eigenvalue weighted by Crippen LogP contribution is -2.28. The number of halogens is 1. The summed E-state index contributed by atoms with van der Waals surface area (Å²) in [5.41, 5.74) is 8.08. The molecule has 0 aliphatic carbocycles. The molecule has 0 spiro atoms. The van der Waals surface area contributed by atoms with E-state index in [2.05, 4.69) is 22.4 Å². The van der Waals surface area contributed by atoms with Gasteiger partial charge in [0.15, 0.2) is 10.6 Å². The van der Waals surface area contributed by atoms with E-state index in [1.165, 1.54) is 23.1 Å². The Labute approximate surface area is 187 Å². The van der Waals surface area contributed by atoms with E-state index in [-0.39, 0.29) is 23.0 Å². The number of carbonyl (C=O) groups is 1. The first-order chi connectivity index (χ1) is 14.5. The number of nitrogens with two attached hydrogens (primary N) is 1. The monoisotopic (exact) mass is 454 g/mol. The topological polar surface area (TPSA) is 117 Å². The van der Waals surface area contributed by atoms with Crippen LogP contribution < -0.4 is 16.0 Å². The molecule has 2 aromatic heterocycles. The molecule has 0 aliphatic rings. The van der Waals surface area contributed by atoms with Crippen LogP contribution in [0.5, 0.6) is 0 Å². The van der Waals surface area contributed by atoms with Crippen LogP contribution >= 0.6 is 34.7 Å². The molecule has 0 fully saturated rings. The van der Waals surface area contributed by atoms with Crippen LogP contribution in [0.15, 0.2) is 46.8 Å². The largest absolute Gasteiger partial charge is 0.355 e. The average molecular weight is 455 g/mol. The van der Waals surface area contributed by atoms with Gasteiger partial charge in [0.05, 0.1) is 5.75 Å². The van der Waals surface area contributed by atoms with Crippen molar-refractivity contribution in [2.45, 2.75) is 11.4 Å². The van der Waals surface area contributed by atoms with Crippen molar-refractivity contribution in [2.24, 2.45) is 0 Å². The maximum atomic E-state index is 12.3. The van der Waals surface area contributed by atoms with Gasteiger partial charge in [-0.05, 0) is 35.6 Å². The van der Waals surface area contributed by atoms with Crippen LogP contribution in [0.25, 0.3) is 10.4 Å². The number of nitrogens with one attached hydrogen (secondary N) is 2. The number of rotatable bonds is 7. The van der Waals surface area contributed by atoms with Crippen molar-refractivity contribution >= 4 is 46.4 Å². The standard InChI is InChI=1S/C21H16ClN5OS2/c22-14-4-1-3-13(9-14)6-7-26-18(28)12-30-21-16(11-24)19(17-5-2-8-29-17)15(10-23)20(25)27-21/h1-5,8-9H,6-7,12H2,(H2,25,27)(H,26,28)/p+1. The summed E-state index contributed by atoms with van der Waals surface area (Å²) in [6, 6.07) is 15.4. The quantitative estimate of drug-likeness (QED) is 0.528. The Morgan fingerprint density at radius 3 is 2.70 bits per heavy atom. The Morgan fingerprint density at radius 2 is 2.03 bits per heavy atom. The van der Waals surface area contributed by atoms with Crippen molar-refractivity contribution < 1.29 is 9.78 Å². The Balaban J connectivity index is 1.70. The summed E-state index contributed by atoms with van der Waals surface area (Å²) in [5.74, 6) is 0.111. The van der Waals surface area contributed by atoms with E-state index in [1.54, 1.807) is 6.07 Å². The number of anilines is 1. The second kappa shape index (κ2) is 10.1. The maximum absolute atomic E-state index is 12.3. The Morgan fingerprint density at radius 1 is 1.23 bits per heavy atom. The van der Waals surface area contributed by atoms with E-state index >= 15 is 0 Å². The third-order valence-corrected chi connectivity index (χ3v) is 6.33. The number of nitrogens with zero attached hydrogens (tertiary/aromatic N) is 2. The number of hydrogen-bond donors (Lipinski definition) is 2. The molecule has 0 unspecified atom stereocenters. The molecule has 1 aromatic carbocycles. The summed E-state index contributed by atoms with van der Waals surface area (Å²) in [4.78, 5) is 15.9. The first kappa shape index (κ1) is 21.7. The SMILES string of the molecule is N#Cc1c(N)[nH+]c(SCC(=O)NCCc2cccc(Cl)c2)c(C#N)c1-c1cccs1. The minimum Gasteiger partial charge on any atom is -0.355 e. The normalized spacial score (nSPS) is 10.2. The van der Waals surface area contributed by atoms with Crippen LogP contribution in [0.4, 0.5) is 5.82 Å². The summed E-state index contributed by atoms with van der Waals surface area (Å²) in [7, 11) is 0. The second-order valence-electron chi connectivity index (χ2n) is 6.21. The average Bonchev–Trinajstić information content (AvgIpc) is 3.26. The van der Waals surface area contributed by atoms with Crippen molar-refractivity contribution in [2.75, 3.05) is 18.0 Å². The number of amides is 1. The number of pyridine rings is 1. The van der Waals surface area contributed by atoms with Gasteiger partial charge in [-0.2, -0.15) is 10.5 Å². The number of H-pyrrole nitrogens is 1. The van der Waals surface area contributed by atoms with Crippen molar-refractivity contribution in [1.82, 2.24) is 5.32 Å². The van der Waals surface area contributed by atoms with Gasteiger partial charge < -0.3 is 5.32 Å². The number of hydrogen-bond acceptors (Lipinski definition) is 6. The van der Waals surface area contributed by atoms with E-state index < -0.39 is 0 Å². The zero-order chi connectivity index (χ0) is 21.5.